The number of carbonyl (C=O) groups excluding carboxylic acids is 2. The molecule has 2 amide bonds. The van der Waals surface area contributed by atoms with Crippen LogP contribution in [0.5, 0.6) is 5.75 Å². The Morgan fingerprint density at radius 1 is 0.912 bits per heavy atom. The van der Waals surface area contributed by atoms with E-state index >= 15 is 0 Å². The quantitative estimate of drug-likeness (QED) is 0.392. The molecule has 0 aliphatic rings. The lowest BCUT2D eigenvalue weighted by Crippen LogP contribution is -2.50. The van der Waals surface area contributed by atoms with Crippen molar-refractivity contribution >= 4 is 11.8 Å². The van der Waals surface area contributed by atoms with Crippen molar-refractivity contribution in [3.8, 4) is 5.75 Å². The third kappa shape index (κ3) is 7.77. The molecule has 5 nitrogen and oxygen atoms in total. The maximum atomic E-state index is 13.5. The normalized spacial score (nSPS) is 11.5. The number of hydrogen-bond acceptors (Lipinski definition) is 3. The van der Waals surface area contributed by atoms with Crippen LogP contribution in [0.25, 0.3) is 0 Å². The van der Waals surface area contributed by atoms with Crippen LogP contribution in [0, 0.1) is 6.92 Å². The highest BCUT2D eigenvalue weighted by molar-refractivity contribution is 5.88. The fourth-order valence-corrected chi connectivity index (χ4v) is 3.93. The van der Waals surface area contributed by atoms with Crippen molar-refractivity contribution in [1.29, 1.82) is 0 Å². The molecule has 0 aliphatic heterocycles. The summed E-state index contributed by atoms with van der Waals surface area (Å²) in [5.41, 5.74) is 3.16. The van der Waals surface area contributed by atoms with Crippen LogP contribution in [-0.4, -0.2) is 35.9 Å². The van der Waals surface area contributed by atoms with Gasteiger partial charge in [-0.3, -0.25) is 9.59 Å². The minimum atomic E-state index is -0.592. The van der Waals surface area contributed by atoms with Gasteiger partial charge < -0.3 is 15.0 Å². The average molecular weight is 459 g/mol. The Hall–Kier alpha value is -3.60. The van der Waals surface area contributed by atoms with E-state index in [9.17, 15) is 9.59 Å². The lowest BCUT2D eigenvalue weighted by atomic mass is 10.0. The molecule has 1 atom stereocenters. The topological polar surface area (TPSA) is 58.6 Å². The molecule has 34 heavy (non-hydrogen) atoms. The third-order valence-electron chi connectivity index (χ3n) is 5.60. The van der Waals surface area contributed by atoms with Gasteiger partial charge in [-0.25, -0.2) is 0 Å². The van der Waals surface area contributed by atoms with E-state index in [0.29, 0.717) is 39.0 Å². The molecule has 0 aliphatic carbocycles. The van der Waals surface area contributed by atoms with Crippen molar-refractivity contribution < 1.29 is 14.3 Å². The van der Waals surface area contributed by atoms with Crippen LogP contribution in [0.3, 0.4) is 0 Å². The number of likely N-dealkylation sites (N-methyl/N-ethyl adjacent to an activating group) is 1. The van der Waals surface area contributed by atoms with E-state index in [4.69, 9.17) is 4.74 Å². The van der Waals surface area contributed by atoms with Gasteiger partial charge >= 0.3 is 0 Å². The summed E-state index contributed by atoms with van der Waals surface area (Å²) in [6.07, 6.45) is 1.35. The first kappa shape index (κ1) is 25.0. The molecule has 178 valence electrons. The van der Waals surface area contributed by atoms with Gasteiger partial charge in [-0.15, -0.1) is 0 Å². The minimum Gasteiger partial charge on any atom is -0.494 e. The number of aryl methyl sites for hydroxylation is 1. The molecular weight excluding hydrogens is 424 g/mol. The van der Waals surface area contributed by atoms with Gasteiger partial charge in [-0.05, 0) is 43.5 Å². The van der Waals surface area contributed by atoms with E-state index in [1.807, 2.05) is 92.7 Å². The lowest BCUT2D eigenvalue weighted by molar-refractivity contribution is -0.141. The van der Waals surface area contributed by atoms with E-state index in [1.54, 1.807) is 4.90 Å². The van der Waals surface area contributed by atoms with Crippen LogP contribution in [0.15, 0.2) is 84.9 Å². The summed E-state index contributed by atoms with van der Waals surface area (Å²) in [5.74, 6) is 0.606. The van der Waals surface area contributed by atoms with Crippen LogP contribution in [0.1, 0.15) is 36.5 Å². The Balaban J connectivity index is 1.77. The molecule has 0 saturated heterocycles. The van der Waals surface area contributed by atoms with Crippen molar-refractivity contribution in [2.75, 3.05) is 13.2 Å². The Morgan fingerprint density at radius 2 is 1.59 bits per heavy atom. The molecule has 0 bridgehead atoms. The van der Waals surface area contributed by atoms with Gasteiger partial charge in [0.25, 0.3) is 0 Å². The van der Waals surface area contributed by atoms with Gasteiger partial charge in [-0.1, -0.05) is 78.4 Å². The van der Waals surface area contributed by atoms with E-state index in [2.05, 4.69) is 11.4 Å². The summed E-state index contributed by atoms with van der Waals surface area (Å²) in [4.78, 5) is 28.3. The summed E-state index contributed by atoms with van der Waals surface area (Å²) in [5, 5.41) is 2.93. The minimum absolute atomic E-state index is 0.0506. The summed E-state index contributed by atoms with van der Waals surface area (Å²) >= 11 is 0. The number of ether oxygens (including phenoxy) is 1. The first-order valence-electron chi connectivity index (χ1n) is 11.9. The summed E-state index contributed by atoms with van der Waals surface area (Å²) in [7, 11) is 0. The number of carbonyl (C=O) groups is 2. The first-order chi connectivity index (χ1) is 16.6. The second-order valence-electron chi connectivity index (χ2n) is 8.38. The second kappa shape index (κ2) is 13.2. The number of hydrogen-bond donors (Lipinski definition) is 1. The highest BCUT2D eigenvalue weighted by atomic mass is 16.5. The van der Waals surface area contributed by atoms with Crippen molar-refractivity contribution in [2.45, 2.75) is 45.7 Å². The zero-order valence-electron chi connectivity index (χ0n) is 20.1. The standard InChI is InChI=1S/C29H34N2O3/c1-3-30-29(33)27(21-24-13-6-4-7-14-24)31(22-25-15-10-12-23(2)20-25)28(32)18-11-19-34-26-16-8-5-9-17-26/h4-10,12-17,20,27H,3,11,18-19,21-22H2,1-2H3,(H,30,33). The molecule has 3 rings (SSSR count). The zero-order chi connectivity index (χ0) is 24.2. The zero-order valence-corrected chi connectivity index (χ0v) is 20.1. The Labute approximate surface area is 202 Å². The molecule has 3 aromatic carbocycles. The van der Waals surface area contributed by atoms with Crippen LogP contribution in [0.4, 0.5) is 0 Å². The molecule has 0 radical (unpaired) electrons. The Bertz CT molecular complexity index is 1040. The fraction of sp³-hybridized carbons (Fsp3) is 0.310. The second-order valence-corrected chi connectivity index (χ2v) is 8.38. The van der Waals surface area contributed by atoms with Gasteiger partial charge in [0.05, 0.1) is 6.61 Å². The predicted octanol–water partition coefficient (Wildman–Crippen LogP) is 4.93. The molecule has 0 aromatic heterocycles. The molecular formula is C29H34N2O3. The van der Waals surface area contributed by atoms with Crippen molar-refractivity contribution in [2.24, 2.45) is 0 Å². The van der Waals surface area contributed by atoms with Crippen molar-refractivity contribution in [1.82, 2.24) is 10.2 Å². The summed E-state index contributed by atoms with van der Waals surface area (Å²) in [6, 6.07) is 26.9. The molecule has 0 fully saturated rings. The first-order valence-corrected chi connectivity index (χ1v) is 11.9. The van der Waals surface area contributed by atoms with Crippen molar-refractivity contribution in [3.05, 3.63) is 102 Å². The van der Waals surface area contributed by atoms with Gasteiger partial charge in [0.1, 0.15) is 11.8 Å². The largest absolute Gasteiger partial charge is 0.494 e. The fourth-order valence-electron chi connectivity index (χ4n) is 3.93. The van der Waals surface area contributed by atoms with Crippen LogP contribution >= 0.6 is 0 Å². The summed E-state index contributed by atoms with van der Waals surface area (Å²) < 4.78 is 5.76. The number of rotatable bonds is 12. The van der Waals surface area contributed by atoms with Gasteiger partial charge in [-0.2, -0.15) is 0 Å². The van der Waals surface area contributed by atoms with Gasteiger partial charge in [0.15, 0.2) is 0 Å². The molecule has 0 heterocycles. The van der Waals surface area contributed by atoms with Crippen LogP contribution in [-0.2, 0) is 22.6 Å². The van der Waals surface area contributed by atoms with E-state index in [1.165, 1.54) is 0 Å². The average Bonchev–Trinajstić information content (AvgIpc) is 2.85. The summed E-state index contributed by atoms with van der Waals surface area (Å²) in [6.45, 7) is 5.27. The number of nitrogens with zero attached hydrogens (tertiary/aromatic N) is 1. The molecule has 1 unspecified atom stereocenters. The maximum absolute atomic E-state index is 13.5. The van der Waals surface area contributed by atoms with Crippen LogP contribution < -0.4 is 10.1 Å². The lowest BCUT2D eigenvalue weighted by Gasteiger charge is -2.31. The van der Waals surface area contributed by atoms with Gasteiger partial charge in [0, 0.05) is 25.9 Å². The monoisotopic (exact) mass is 458 g/mol. The Morgan fingerprint density at radius 3 is 2.26 bits per heavy atom. The highest BCUT2D eigenvalue weighted by Crippen LogP contribution is 2.17. The molecule has 0 spiro atoms. The number of benzene rings is 3. The highest BCUT2D eigenvalue weighted by Gasteiger charge is 2.29. The smallest absolute Gasteiger partial charge is 0.243 e. The number of para-hydroxylation sites is 1. The molecule has 5 heteroatoms. The van der Waals surface area contributed by atoms with Crippen molar-refractivity contribution in [3.63, 3.8) is 0 Å². The SMILES string of the molecule is CCNC(=O)C(Cc1ccccc1)N(Cc1cccc(C)c1)C(=O)CCCOc1ccccc1. The number of nitrogens with one attached hydrogen (secondary N) is 1. The van der Waals surface area contributed by atoms with Crippen LogP contribution in [0.2, 0.25) is 0 Å². The third-order valence-corrected chi connectivity index (χ3v) is 5.60. The molecule has 0 saturated carbocycles. The molecule has 3 aromatic rings. The maximum Gasteiger partial charge on any atom is 0.243 e. The predicted molar refractivity (Wildman–Crippen MR) is 136 cm³/mol. The van der Waals surface area contributed by atoms with E-state index in [0.717, 1.165) is 22.4 Å². The molecule has 1 N–H and O–H groups in total. The van der Waals surface area contributed by atoms with E-state index < -0.39 is 6.04 Å². The Kier molecular flexibility index (Phi) is 9.71. The van der Waals surface area contributed by atoms with Gasteiger partial charge in [0.2, 0.25) is 11.8 Å². The number of amides is 2. The van der Waals surface area contributed by atoms with E-state index in [-0.39, 0.29) is 11.8 Å².